The van der Waals surface area contributed by atoms with Gasteiger partial charge in [0, 0.05) is 36.3 Å². The average molecular weight is 277 g/mol. The molecule has 0 aliphatic heterocycles. The number of hydrogen-bond acceptors (Lipinski definition) is 3. The van der Waals surface area contributed by atoms with Crippen molar-refractivity contribution in [3.05, 3.63) is 58.7 Å². The maximum absolute atomic E-state index is 13.2. The first kappa shape index (κ1) is 14.5. The van der Waals surface area contributed by atoms with Gasteiger partial charge in [0.2, 0.25) is 0 Å². The molecule has 0 fully saturated rings. The number of hydrogen-bond donors (Lipinski definition) is 1. The molecule has 0 aliphatic rings. The molecule has 0 aliphatic carbocycles. The zero-order valence-electron chi connectivity index (χ0n) is 11.5. The van der Waals surface area contributed by atoms with Crippen molar-refractivity contribution < 1.29 is 8.78 Å². The van der Waals surface area contributed by atoms with Crippen LogP contribution in [0.15, 0.2) is 24.3 Å². The molecule has 5 heteroatoms. The number of benzene rings is 1. The first-order valence-electron chi connectivity index (χ1n) is 6.46. The molecule has 20 heavy (non-hydrogen) atoms. The lowest BCUT2D eigenvalue weighted by molar-refractivity contribution is 0.580. The number of nitrogens with two attached hydrogens (primary N) is 1. The molecule has 2 rings (SSSR count). The van der Waals surface area contributed by atoms with Crippen LogP contribution in [-0.4, -0.2) is 16.0 Å². The van der Waals surface area contributed by atoms with Crippen LogP contribution < -0.4 is 5.73 Å². The Balaban J connectivity index is 2.26. The van der Waals surface area contributed by atoms with Crippen LogP contribution in [0, 0.1) is 18.6 Å². The maximum atomic E-state index is 13.2. The van der Waals surface area contributed by atoms with Crippen LogP contribution >= 0.6 is 0 Å². The van der Waals surface area contributed by atoms with E-state index in [9.17, 15) is 8.78 Å². The number of halogens is 2. The summed E-state index contributed by atoms with van der Waals surface area (Å²) >= 11 is 0. The fourth-order valence-electron chi connectivity index (χ4n) is 2.11. The minimum atomic E-state index is -0.594. The van der Waals surface area contributed by atoms with Crippen LogP contribution in [0.3, 0.4) is 0 Å². The van der Waals surface area contributed by atoms with E-state index in [1.807, 2.05) is 19.9 Å². The summed E-state index contributed by atoms with van der Waals surface area (Å²) in [7, 11) is 0. The Morgan fingerprint density at radius 1 is 1.10 bits per heavy atom. The molecular weight excluding hydrogens is 260 g/mol. The van der Waals surface area contributed by atoms with Crippen molar-refractivity contribution in [3.63, 3.8) is 0 Å². The van der Waals surface area contributed by atoms with Crippen LogP contribution in [0.2, 0.25) is 0 Å². The summed E-state index contributed by atoms with van der Waals surface area (Å²) in [5.74, 6) is -0.641. The smallest absolute Gasteiger partial charge is 0.133 e. The van der Waals surface area contributed by atoms with E-state index in [2.05, 4.69) is 9.97 Å². The largest absolute Gasteiger partial charge is 0.328 e. The van der Waals surface area contributed by atoms with E-state index >= 15 is 0 Å². The summed E-state index contributed by atoms with van der Waals surface area (Å²) in [4.78, 5) is 8.69. The SMILES string of the molecule is Cc1cc(CC(C)N)nc(Cc2cc(F)cc(F)c2)n1. The van der Waals surface area contributed by atoms with E-state index in [-0.39, 0.29) is 6.04 Å². The molecule has 1 unspecified atom stereocenters. The second-order valence-corrected chi connectivity index (χ2v) is 5.05. The Bertz CT molecular complexity index is 592. The van der Waals surface area contributed by atoms with Gasteiger partial charge < -0.3 is 5.73 Å². The standard InChI is InChI=1S/C15H17F2N3/c1-9(18)3-14-4-10(2)19-15(20-14)7-11-5-12(16)8-13(17)6-11/h4-6,8-9H,3,7,18H2,1-2H3. The van der Waals surface area contributed by atoms with Gasteiger partial charge in [0.1, 0.15) is 17.5 Å². The highest BCUT2D eigenvalue weighted by molar-refractivity contribution is 5.22. The summed E-state index contributed by atoms with van der Waals surface area (Å²) in [5.41, 5.74) is 7.94. The molecule has 106 valence electrons. The van der Waals surface area contributed by atoms with Crippen LogP contribution in [0.5, 0.6) is 0 Å². The molecule has 0 saturated heterocycles. The van der Waals surface area contributed by atoms with Gasteiger partial charge in [-0.05, 0) is 37.6 Å². The first-order chi connectivity index (χ1) is 9.42. The predicted octanol–water partition coefficient (Wildman–Crippen LogP) is 2.54. The lowest BCUT2D eigenvalue weighted by Gasteiger charge is -2.08. The third-order valence-corrected chi connectivity index (χ3v) is 2.77. The molecule has 2 aromatic rings. The summed E-state index contributed by atoms with van der Waals surface area (Å²) in [6, 6.07) is 5.31. The summed E-state index contributed by atoms with van der Waals surface area (Å²) < 4.78 is 26.3. The van der Waals surface area contributed by atoms with Gasteiger partial charge in [0.15, 0.2) is 0 Å². The van der Waals surface area contributed by atoms with Crippen molar-refractivity contribution in [3.8, 4) is 0 Å². The molecule has 0 radical (unpaired) electrons. The van der Waals surface area contributed by atoms with E-state index in [1.54, 1.807) is 0 Å². The highest BCUT2D eigenvalue weighted by atomic mass is 19.1. The average Bonchev–Trinajstić information content (AvgIpc) is 2.24. The van der Waals surface area contributed by atoms with E-state index in [0.29, 0.717) is 24.2 Å². The second kappa shape index (κ2) is 6.05. The fourth-order valence-corrected chi connectivity index (χ4v) is 2.11. The molecule has 2 N–H and O–H groups in total. The minimum Gasteiger partial charge on any atom is -0.328 e. The number of aromatic nitrogens is 2. The zero-order valence-corrected chi connectivity index (χ0v) is 11.5. The molecule has 0 spiro atoms. The number of aryl methyl sites for hydroxylation is 1. The Labute approximate surface area is 116 Å². The van der Waals surface area contributed by atoms with Gasteiger partial charge in [-0.2, -0.15) is 0 Å². The Kier molecular flexibility index (Phi) is 4.39. The van der Waals surface area contributed by atoms with E-state index < -0.39 is 11.6 Å². The van der Waals surface area contributed by atoms with E-state index in [0.717, 1.165) is 17.5 Å². The molecule has 0 amide bonds. The van der Waals surface area contributed by atoms with Gasteiger partial charge in [0.05, 0.1) is 0 Å². The first-order valence-corrected chi connectivity index (χ1v) is 6.46. The summed E-state index contributed by atoms with van der Waals surface area (Å²) in [6.45, 7) is 3.76. The topological polar surface area (TPSA) is 51.8 Å². The Morgan fingerprint density at radius 3 is 2.35 bits per heavy atom. The normalized spacial score (nSPS) is 12.4. The third-order valence-electron chi connectivity index (χ3n) is 2.77. The van der Waals surface area contributed by atoms with Crippen molar-refractivity contribution in [2.24, 2.45) is 5.73 Å². The van der Waals surface area contributed by atoms with Gasteiger partial charge in [0.25, 0.3) is 0 Å². The summed E-state index contributed by atoms with van der Waals surface area (Å²) in [6.07, 6.45) is 0.941. The lowest BCUT2D eigenvalue weighted by Crippen LogP contribution is -2.19. The van der Waals surface area contributed by atoms with Crippen LogP contribution in [0.1, 0.15) is 29.7 Å². The molecule has 3 nitrogen and oxygen atoms in total. The van der Waals surface area contributed by atoms with E-state index in [1.165, 1.54) is 12.1 Å². The second-order valence-electron chi connectivity index (χ2n) is 5.05. The molecule has 0 bridgehead atoms. The Morgan fingerprint density at radius 2 is 1.75 bits per heavy atom. The van der Waals surface area contributed by atoms with Gasteiger partial charge in [-0.15, -0.1) is 0 Å². The lowest BCUT2D eigenvalue weighted by atomic mass is 10.1. The van der Waals surface area contributed by atoms with Crippen LogP contribution in [0.4, 0.5) is 8.78 Å². The molecule has 1 atom stereocenters. The number of rotatable bonds is 4. The van der Waals surface area contributed by atoms with Gasteiger partial charge >= 0.3 is 0 Å². The third kappa shape index (κ3) is 4.06. The quantitative estimate of drug-likeness (QED) is 0.934. The van der Waals surface area contributed by atoms with Gasteiger partial charge in [-0.3, -0.25) is 0 Å². The van der Waals surface area contributed by atoms with Crippen molar-refractivity contribution in [2.75, 3.05) is 0 Å². The Hall–Kier alpha value is -1.88. The molecule has 0 saturated carbocycles. The predicted molar refractivity (Wildman–Crippen MR) is 73.3 cm³/mol. The minimum absolute atomic E-state index is 0.00349. The van der Waals surface area contributed by atoms with Crippen LogP contribution in [0.25, 0.3) is 0 Å². The number of nitrogens with zero attached hydrogens (tertiary/aromatic N) is 2. The van der Waals surface area contributed by atoms with Crippen molar-refractivity contribution in [1.29, 1.82) is 0 Å². The monoisotopic (exact) mass is 277 g/mol. The highest BCUT2D eigenvalue weighted by Crippen LogP contribution is 2.12. The zero-order chi connectivity index (χ0) is 14.7. The fraction of sp³-hybridized carbons (Fsp3) is 0.333. The van der Waals surface area contributed by atoms with Crippen LogP contribution in [-0.2, 0) is 12.8 Å². The van der Waals surface area contributed by atoms with Crippen molar-refractivity contribution >= 4 is 0 Å². The molecule has 1 heterocycles. The van der Waals surface area contributed by atoms with Gasteiger partial charge in [-0.25, -0.2) is 18.7 Å². The molecule has 1 aromatic carbocycles. The summed E-state index contributed by atoms with van der Waals surface area (Å²) in [5, 5.41) is 0. The molecular formula is C15H17F2N3. The van der Waals surface area contributed by atoms with Gasteiger partial charge in [-0.1, -0.05) is 0 Å². The maximum Gasteiger partial charge on any atom is 0.133 e. The highest BCUT2D eigenvalue weighted by Gasteiger charge is 2.07. The van der Waals surface area contributed by atoms with E-state index in [4.69, 9.17) is 5.73 Å². The van der Waals surface area contributed by atoms with Crippen molar-refractivity contribution in [2.45, 2.75) is 32.7 Å². The van der Waals surface area contributed by atoms with Crippen molar-refractivity contribution in [1.82, 2.24) is 9.97 Å². The molecule has 1 aromatic heterocycles.